The Morgan fingerprint density at radius 3 is 3.50 bits per heavy atom. The van der Waals surface area contributed by atoms with E-state index in [1.165, 1.54) is 5.03 Å². The first-order valence-corrected chi connectivity index (χ1v) is 4.78. The van der Waals surface area contributed by atoms with Gasteiger partial charge < -0.3 is 4.98 Å². The molecular weight excluding hydrogens is 172 g/mol. The van der Waals surface area contributed by atoms with E-state index in [0.29, 0.717) is 0 Å². The van der Waals surface area contributed by atoms with Gasteiger partial charge >= 0.3 is 0 Å². The Bertz CT molecular complexity index is 436. The van der Waals surface area contributed by atoms with Crippen molar-refractivity contribution in [3.63, 3.8) is 0 Å². The molecule has 1 aliphatic rings. The highest BCUT2D eigenvalue weighted by Crippen LogP contribution is 2.23. The number of thioether (sulfide) groups is 1. The topological polar surface area (TPSA) is 45.5 Å². The van der Waals surface area contributed by atoms with E-state index in [-0.39, 0.29) is 0 Å². The minimum Gasteiger partial charge on any atom is -0.337 e. The lowest BCUT2D eigenvalue weighted by atomic mass is 10.5. The molecule has 0 aromatic carbocycles. The molecule has 60 valence electrons. The number of H-pyrrole nitrogens is 1. The summed E-state index contributed by atoms with van der Waals surface area (Å²) in [5, 5.41) is 1.26. The molecule has 0 spiro atoms. The summed E-state index contributed by atoms with van der Waals surface area (Å²) < 4.78 is 2.16. The second kappa shape index (κ2) is 2.20. The van der Waals surface area contributed by atoms with E-state index in [1.54, 1.807) is 6.33 Å². The number of fused-ring (bicyclic) bond motifs is 3. The van der Waals surface area contributed by atoms with Crippen LogP contribution >= 0.6 is 11.8 Å². The number of aromatic amines is 1. The van der Waals surface area contributed by atoms with Crippen molar-refractivity contribution in [2.75, 3.05) is 5.75 Å². The Balaban J connectivity index is 2.46. The van der Waals surface area contributed by atoms with Crippen molar-refractivity contribution in [3.8, 4) is 0 Å². The van der Waals surface area contributed by atoms with E-state index in [0.717, 1.165) is 23.5 Å². The molecule has 0 bridgehead atoms. The lowest BCUT2D eigenvalue weighted by Gasteiger charge is -1.91. The summed E-state index contributed by atoms with van der Waals surface area (Å²) in [6.07, 6.45) is 3.55. The van der Waals surface area contributed by atoms with Crippen LogP contribution in [0.25, 0.3) is 11.2 Å². The number of aromatic nitrogens is 4. The van der Waals surface area contributed by atoms with Crippen LogP contribution in [0.5, 0.6) is 0 Å². The summed E-state index contributed by atoms with van der Waals surface area (Å²) in [5.74, 6) is 1.14. The van der Waals surface area contributed by atoms with Crippen molar-refractivity contribution in [3.05, 3.63) is 12.7 Å². The Kier molecular flexibility index (Phi) is 1.17. The van der Waals surface area contributed by atoms with Crippen LogP contribution in [0, 0.1) is 0 Å². The molecule has 0 fully saturated rings. The van der Waals surface area contributed by atoms with Crippen molar-refractivity contribution >= 4 is 22.9 Å². The maximum Gasteiger partial charge on any atom is 0.296 e. The smallest absolute Gasteiger partial charge is 0.296 e. The fraction of sp³-hybridized carbons (Fsp3) is 0.286. The molecule has 2 aromatic rings. The molecule has 3 heterocycles. The monoisotopic (exact) mass is 179 g/mol. The fourth-order valence-corrected chi connectivity index (χ4v) is 2.50. The SMILES string of the molecule is c1nc2nc[n+]3c(c2[nH]1)SCC3. The molecule has 0 unspecified atom stereocenters. The summed E-state index contributed by atoms with van der Waals surface area (Å²) in [6.45, 7) is 1.06. The molecule has 0 saturated heterocycles. The van der Waals surface area contributed by atoms with Crippen LogP contribution in [0.3, 0.4) is 0 Å². The van der Waals surface area contributed by atoms with Crippen LogP contribution < -0.4 is 4.57 Å². The van der Waals surface area contributed by atoms with E-state index in [9.17, 15) is 0 Å². The molecular formula is C7H7N4S+. The quantitative estimate of drug-likeness (QED) is 0.469. The lowest BCUT2D eigenvalue weighted by Crippen LogP contribution is -2.33. The third kappa shape index (κ3) is 0.714. The van der Waals surface area contributed by atoms with Gasteiger partial charge in [-0.1, -0.05) is 11.8 Å². The highest BCUT2D eigenvalue weighted by Gasteiger charge is 2.21. The Hall–Kier alpha value is -1.10. The van der Waals surface area contributed by atoms with Crippen LogP contribution in [-0.4, -0.2) is 20.7 Å². The van der Waals surface area contributed by atoms with Gasteiger partial charge in [-0.2, -0.15) is 4.98 Å². The van der Waals surface area contributed by atoms with Gasteiger partial charge in [0, 0.05) is 5.75 Å². The second-order valence-corrected chi connectivity index (χ2v) is 3.78. The number of aryl methyl sites for hydroxylation is 1. The minimum atomic E-state index is 0.815. The standard InChI is InChI=1S/C7H6N4S/c1-2-12-7-5-6(9-3-8-5)10-4-11(1)7/h3-4H,1-2H2/p+1. The van der Waals surface area contributed by atoms with Crippen LogP contribution in [0.15, 0.2) is 17.7 Å². The zero-order valence-electron chi connectivity index (χ0n) is 6.32. The zero-order chi connectivity index (χ0) is 7.97. The summed E-state index contributed by atoms with van der Waals surface area (Å²) >= 11 is 1.85. The summed E-state index contributed by atoms with van der Waals surface area (Å²) in [4.78, 5) is 11.4. The molecule has 2 aromatic heterocycles. The number of hydrogen-bond donors (Lipinski definition) is 1. The highest BCUT2D eigenvalue weighted by atomic mass is 32.2. The van der Waals surface area contributed by atoms with Crippen LogP contribution in [0.4, 0.5) is 0 Å². The predicted molar refractivity (Wildman–Crippen MR) is 44.8 cm³/mol. The van der Waals surface area contributed by atoms with Gasteiger partial charge in [0.15, 0.2) is 10.5 Å². The molecule has 0 aliphatic carbocycles. The normalized spacial score (nSPS) is 15.3. The van der Waals surface area contributed by atoms with E-state index in [2.05, 4.69) is 19.5 Å². The number of imidazole rings is 1. The average molecular weight is 179 g/mol. The average Bonchev–Trinajstić information content (AvgIpc) is 2.71. The Morgan fingerprint density at radius 1 is 1.50 bits per heavy atom. The van der Waals surface area contributed by atoms with E-state index >= 15 is 0 Å². The van der Waals surface area contributed by atoms with Gasteiger partial charge in [-0.05, 0) is 4.98 Å². The Morgan fingerprint density at radius 2 is 2.50 bits per heavy atom. The third-order valence-electron chi connectivity index (χ3n) is 1.98. The summed E-state index contributed by atoms with van der Waals surface area (Å²) in [7, 11) is 0. The third-order valence-corrected chi connectivity index (χ3v) is 3.08. The molecule has 0 atom stereocenters. The molecule has 1 aliphatic heterocycles. The first kappa shape index (κ1) is 6.42. The van der Waals surface area contributed by atoms with Gasteiger partial charge in [-0.25, -0.2) is 4.57 Å². The highest BCUT2D eigenvalue weighted by molar-refractivity contribution is 7.99. The molecule has 12 heavy (non-hydrogen) atoms. The minimum absolute atomic E-state index is 0.815. The molecule has 0 amide bonds. The molecule has 5 heteroatoms. The van der Waals surface area contributed by atoms with Gasteiger partial charge in [0.2, 0.25) is 0 Å². The molecule has 0 radical (unpaired) electrons. The zero-order valence-corrected chi connectivity index (χ0v) is 7.14. The van der Waals surface area contributed by atoms with Crippen molar-refractivity contribution in [1.29, 1.82) is 0 Å². The molecule has 4 nitrogen and oxygen atoms in total. The van der Waals surface area contributed by atoms with Crippen LogP contribution in [0.2, 0.25) is 0 Å². The van der Waals surface area contributed by atoms with Gasteiger partial charge in [0.1, 0.15) is 6.54 Å². The lowest BCUT2D eigenvalue weighted by molar-refractivity contribution is -0.724. The van der Waals surface area contributed by atoms with Gasteiger partial charge in [-0.15, -0.1) is 0 Å². The number of nitrogens with zero attached hydrogens (tertiary/aromatic N) is 3. The van der Waals surface area contributed by atoms with Crippen molar-refractivity contribution < 1.29 is 4.57 Å². The number of rotatable bonds is 0. The first-order valence-electron chi connectivity index (χ1n) is 3.79. The number of nitrogens with one attached hydrogen (secondary N) is 1. The van der Waals surface area contributed by atoms with Crippen LogP contribution in [-0.2, 0) is 6.54 Å². The van der Waals surface area contributed by atoms with E-state index in [1.807, 2.05) is 18.1 Å². The second-order valence-electron chi connectivity index (χ2n) is 2.69. The van der Waals surface area contributed by atoms with Gasteiger partial charge in [0.25, 0.3) is 12.0 Å². The van der Waals surface area contributed by atoms with Crippen LogP contribution in [0.1, 0.15) is 0 Å². The Labute approximate surface area is 73.0 Å². The van der Waals surface area contributed by atoms with Crippen molar-refractivity contribution in [1.82, 2.24) is 15.0 Å². The molecule has 1 N–H and O–H groups in total. The van der Waals surface area contributed by atoms with E-state index in [4.69, 9.17) is 0 Å². The molecule has 3 rings (SSSR count). The predicted octanol–water partition coefficient (Wildman–Crippen LogP) is 0.351. The maximum absolute atomic E-state index is 4.22. The molecule has 0 saturated carbocycles. The number of hydrogen-bond acceptors (Lipinski definition) is 3. The van der Waals surface area contributed by atoms with Gasteiger partial charge in [0.05, 0.1) is 6.33 Å². The summed E-state index contributed by atoms with van der Waals surface area (Å²) in [5.41, 5.74) is 1.88. The van der Waals surface area contributed by atoms with E-state index < -0.39 is 0 Å². The van der Waals surface area contributed by atoms with Crippen molar-refractivity contribution in [2.24, 2.45) is 0 Å². The first-order chi connectivity index (χ1) is 5.95. The van der Waals surface area contributed by atoms with Crippen molar-refractivity contribution in [2.45, 2.75) is 11.6 Å². The largest absolute Gasteiger partial charge is 0.337 e. The summed E-state index contributed by atoms with van der Waals surface area (Å²) in [6, 6.07) is 0. The fourth-order valence-electron chi connectivity index (χ4n) is 1.42. The van der Waals surface area contributed by atoms with Gasteiger partial charge in [-0.3, -0.25) is 0 Å². The maximum atomic E-state index is 4.22.